The van der Waals surface area contributed by atoms with Gasteiger partial charge in [0, 0.05) is 53.6 Å². The smallest absolute Gasteiger partial charge is 0.265 e. The molecule has 3 N–H and O–H groups in total. The topological polar surface area (TPSA) is 117 Å². The standard InChI is InChI=1S/C31H33N5O4/c1-21-16-25(27-8-2-3-9-28(27)33-21)20-40-26-12-10-23(11-13-26)31(38)34-36-15-5-7-24(18-30(37)35-39)29(36)17-22-6-4-14-32-19-22/h2-4,6,8-14,16,19,24,29,39H,5,7,15,17-18,20H2,1H3,(H,34,38)(H,35,37)/t24-,29-/m1/s1. The molecule has 0 unspecified atom stereocenters. The Labute approximate surface area is 233 Å². The maximum absolute atomic E-state index is 13.2. The molecule has 9 nitrogen and oxygen atoms in total. The summed E-state index contributed by atoms with van der Waals surface area (Å²) < 4.78 is 6.05. The number of amides is 2. The van der Waals surface area contributed by atoms with Gasteiger partial charge in [0.15, 0.2) is 0 Å². The summed E-state index contributed by atoms with van der Waals surface area (Å²) in [5.41, 5.74) is 9.25. The third-order valence-corrected chi connectivity index (χ3v) is 7.34. The summed E-state index contributed by atoms with van der Waals surface area (Å²) in [7, 11) is 0. The van der Waals surface area contributed by atoms with Crippen molar-refractivity contribution in [1.82, 2.24) is 25.9 Å². The Bertz CT molecular complexity index is 1460. The molecule has 3 heterocycles. The third kappa shape index (κ3) is 6.62. The molecule has 0 bridgehead atoms. The summed E-state index contributed by atoms with van der Waals surface area (Å²) in [6.07, 6.45) is 5.95. The van der Waals surface area contributed by atoms with Gasteiger partial charge in [0.05, 0.1) is 5.52 Å². The summed E-state index contributed by atoms with van der Waals surface area (Å²) in [6.45, 7) is 3.02. The number of para-hydroxylation sites is 1. The number of carbonyl (C=O) groups excluding carboxylic acids is 2. The number of hydrogen-bond acceptors (Lipinski definition) is 7. The number of ether oxygens (including phenoxy) is 1. The molecule has 1 aliphatic rings. The summed E-state index contributed by atoms with van der Waals surface area (Å²) in [5, 5.41) is 12.1. The molecule has 0 radical (unpaired) electrons. The van der Waals surface area contributed by atoms with Crippen LogP contribution in [0.4, 0.5) is 0 Å². The molecule has 206 valence electrons. The SMILES string of the molecule is Cc1cc(COc2ccc(C(=O)NN3CCC[C@H](CC(=O)NO)[C@H]3Cc3cccnc3)cc2)c2ccccc2n1. The highest BCUT2D eigenvalue weighted by Gasteiger charge is 2.34. The van der Waals surface area contributed by atoms with E-state index in [4.69, 9.17) is 9.94 Å². The van der Waals surface area contributed by atoms with Crippen molar-refractivity contribution in [2.75, 3.05) is 6.54 Å². The molecule has 5 rings (SSSR count). The first-order valence-corrected chi connectivity index (χ1v) is 13.5. The molecule has 1 fully saturated rings. The molecular weight excluding hydrogens is 506 g/mol. The monoisotopic (exact) mass is 539 g/mol. The lowest BCUT2D eigenvalue weighted by Gasteiger charge is -2.41. The van der Waals surface area contributed by atoms with Gasteiger partial charge in [-0.25, -0.2) is 10.5 Å². The molecule has 0 saturated carbocycles. The van der Waals surface area contributed by atoms with Crippen molar-refractivity contribution in [3.8, 4) is 5.75 Å². The van der Waals surface area contributed by atoms with Crippen molar-refractivity contribution >= 4 is 22.7 Å². The quantitative estimate of drug-likeness (QED) is 0.213. The maximum atomic E-state index is 13.2. The van der Waals surface area contributed by atoms with Crippen molar-refractivity contribution in [2.45, 2.75) is 45.3 Å². The van der Waals surface area contributed by atoms with Crippen LogP contribution in [0.3, 0.4) is 0 Å². The minimum atomic E-state index is -0.431. The highest BCUT2D eigenvalue weighted by Crippen LogP contribution is 2.28. The molecule has 4 aromatic rings. The van der Waals surface area contributed by atoms with Crippen molar-refractivity contribution in [2.24, 2.45) is 5.92 Å². The molecular formula is C31H33N5O4. The second-order valence-electron chi connectivity index (χ2n) is 10.2. The fraction of sp³-hybridized carbons (Fsp3) is 0.290. The lowest BCUT2D eigenvalue weighted by atomic mass is 9.84. The van der Waals surface area contributed by atoms with E-state index in [-0.39, 0.29) is 24.3 Å². The molecule has 9 heteroatoms. The average Bonchev–Trinajstić information content (AvgIpc) is 2.98. The molecule has 0 aliphatic carbocycles. The Balaban J connectivity index is 1.25. The van der Waals surface area contributed by atoms with Crippen LogP contribution < -0.4 is 15.6 Å². The van der Waals surface area contributed by atoms with E-state index in [0.29, 0.717) is 30.9 Å². The van der Waals surface area contributed by atoms with E-state index >= 15 is 0 Å². The number of fused-ring (bicyclic) bond motifs is 1. The van der Waals surface area contributed by atoms with E-state index in [2.05, 4.69) is 15.4 Å². The Morgan fingerprint density at radius 3 is 2.70 bits per heavy atom. The summed E-state index contributed by atoms with van der Waals surface area (Å²) >= 11 is 0. The molecule has 1 saturated heterocycles. The number of rotatable bonds is 9. The Kier molecular flexibility index (Phi) is 8.63. The molecule has 0 spiro atoms. The van der Waals surface area contributed by atoms with Gasteiger partial charge >= 0.3 is 0 Å². The number of piperidine rings is 1. The summed E-state index contributed by atoms with van der Waals surface area (Å²) in [4.78, 5) is 34.0. The Hall–Kier alpha value is -4.34. The van der Waals surface area contributed by atoms with Crippen LogP contribution >= 0.6 is 0 Å². The van der Waals surface area contributed by atoms with Crippen LogP contribution in [0.1, 0.15) is 46.4 Å². The predicted octanol–water partition coefficient (Wildman–Crippen LogP) is 4.38. The highest BCUT2D eigenvalue weighted by atomic mass is 16.5. The zero-order valence-electron chi connectivity index (χ0n) is 22.4. The van der Waals surface area contributed by atoms with Crippen LogP contribution in [0.15, 0.2) is 79.1 Å². The Morgan fingerprint density at radius 2 is 1.93 bits per heavy atom. The van der Waals surface area contributed by atoms with Gasteiger partial charge < -0.3 is 4.74 Å². The molecule has 2 atom stereocenters. The van der Waals surface area contributed by atoms with Gasteiger partial charge in [-0.2, -0.15) is 0 Å². The number of hydrazine groups is 1. The fourth-order valence-corrected chi connectivity index (χ4v) is 5.41. The average molecular weight is 540 g/mol. The largest absolute Gasteiger partial charge is 0.489 e. The van der Waals surface area contributed by atoms with Crippen molar-refractivity contribution in [3.63, 3.8) is 0 Å². The van der Waals surface area contributed by atoms with E-state index in [9.17, 15) is 9.59 Å². The number of nitrogens with zero attached hydrogens (tertiary/aromatic N) is 3. The number of nitrogens with one attached hydrogen (secondary N) is 2. The molecule has 2 amide bonds. The van der Waals surface area contributed by atoms with Crippen LogP contribution in [0.25, 0.3) is 10.9 Å². The number of aryl methyl sites for hydroxylation is 1. The van der Waals surface area contributed by atoms with Gasteiger partial charge in [0.2, 0.25) is 5.91 Å². The number of pyridine rings is 2. The number of hydrogen-bond donors (Lipinski definition) is 3. The van der Waals surface area contributed by atoms with E-state index in [0.717, 1.165) is 40.6 Å². The lowest BCUT2D eigenvalue weighted by molar-refractivity contribution is -0.131. The molecule has 2 aromatic heterocycles. The van der Waals surface area contributed by atoms with E-state index in [1.165, 1.54) is 0 Å². The number of hydroxylamine groups is 1. The second kappa shape index (κ2) is 12.7. The fourth-order valence-electron chi connectivity index (χ4n) is 5.41. The number of benzene rings is 2. The number of aromatic nitrogens is 2. The lowest BCUT2D eigenvalue weighted by Crippen LogP contribution is -2.55. The van der Waals surface area contributed by atoms with E-state index in [1.807, 2.05) is 54.4 Å². The second-order valence-corrected chi connectivity index (χ2v) is 10.2. The first kappa shape index (κ1) is 27.2. The minimum Gasteiger partial charge on any atom is -0.489 e. The van der Waals surface area contributed by atoms with Crippen LogP contribution in [-0.4, -0.2) is 44.6 Å². The van der Waals surface area contributed by atoms with Gasteiger partial charge in [-0.15, -0.1) is 0 Å². The Morgan fingerprint density at radius 1 is 1.10 bits per heavy atom. The highest BCUT2D eigenvalue weighted by molar-refractivity contribution is 5.94. The van der Waals surface area contributed by atoms with Crippen molar-refractivity contribution in [1.29, 1.82) is 0 Å². The first-order chi connectivity index (χ1) is 19.5. The normalized spacial score (nSPS) is 17.4. The number of carbonyl (C=O) groups is 2. The van der Waals surface area contributed by atoms with Crippen molar-refractivity contribution < 1.29 is 19.5 Å². The zero-order chi connectivity index (χ0) is 27.9. The van der Waals surface area contributed by atoms with Gasteiger partial charge in [0.25, 0.3) is 5.91 Å². The maximum Gasteiger partial charge on any atom is 0.265 e. The van der Waals surface area contributed by atoms with Crippen LogP contribution in [-0.2, 0) is 17.8 Å². The van der Waals surface area contributed by atoms with Crippen LogP contribution in [0.5, 0.6) is 5.75 Å². The first-order valence-electron chi connectivity index (χ1n) is 13.5. The van der Waals surface area contributed by atoms with Crippen LogP contribution in [0.2, 0.25) is 0 Å². The van der Waals surface area contributed by atoms with Crippen molar-refractivity contribution in [3.05, 3.63) is 102 Å². The van der Waals surface area contributed by atoms with Gasteiger partial charge in [-0.3, -0.25) is 30.2 Å². The van der Waals surface area contributed by atoms with Gasteiger partial charge in [-0.1, -0.05) is 24.3 Å². The van der Waals surface area contributed by atoms with E-state index in [1.54, 1.807) is 42.1 Å². The minimum absolute atomic E-state index is 0.0370. The van der Waals surface area contributed by atoms with E-state index < -0.39 is 5.91 Å². The predicted molar refractivity (Wildman–Crippen MR) is 150 cm³/mol. The van der Waals surface area contributed by atoms with Gasteiger partial charge in [-0.05, 0) is 80.1 Å². The summed E-state index contributed by atoms with van der Waals surface area (Å²) in [6, 6.07) is 20.8. The molecule has 40 heavy (non-hydrogen) atoms. The molecule has 1 aliphatic heterocycles. The molecule has 2 aromatic carbocycles. The third-order valence-electron chi connectivity index (χ3n) is 7.34. The zero-order valence-corrected chi connectivity index (χ0v) is 22.4. The van der Waals surface area contributed by atoms with Gasteiger partial charge in [0.1, 0.15) is 12.4 Å². The van der Waals surface area contributed by atoms with Crippen LogP contribution in [0, 0.1) is 12.8 Å². The summed E-state index contributed by atoms with van der Waals surface area (Å²) in [5.74, 6) is -0.0340.